The minimum absolute atomic E-state index is 0.232. The summed E-state index contributed by atoms with van der Waals surface area (Å²) in [6.45, 7) is 9.14. The molecule has 0 aliphatic rings. The van der Waals surface area contributed by atoms with Crippen LogP contribution in [0.2, 0.25) is 0 Å². The first-order valence-electron chi connectivity index (χ1n) is 9.38. The topological polar surface area (TPSA) is 36.9 Å². The molecule has 0 N–H and O–H groups in total. The third kappa shape index (κ3) is 11.4. The van der Waals surface area contributed by atoms with E-state index < -0.39 is 0 Å². The van der Waals surface area contributed by atoms with Gasteiger partial charge in [0.1, 0.15) is 5.60 Å². The summed E-state index contributed by atoms with van der Waals surface area (Å²) in [6.07, 6.45) is 13.8. The predicted molar refractivity (Wildman–Crippen MR) is 90.0 cm³/mol. The minimum Gasteiger partial charge on any atom is -0.204 e. The first-order valence-corrected chi connectivity index (χ1v) is 9.38. The Morgan fingerprint density at radius 1 is 0.591 bits per heavy atom. The molecule has 0 aliphatic heterocycles. The van der Waals surface area contributed by atoms with E-state index in [9.17, 15) is 0 Å². The van der Waals surface area contributed by atoms with Crippen LogP contribution in [0.15, 0.2) is 0 Å². The molecule has 0 heterocycles. The number of hydrogen-bond acceptors (Lipinski definition) is 4. The van der Waals surface area contributed by atoms with Gasteiger partial charge in [-0.05, 0) is 35.8 Å². The fourth-order valence-electron chi connectivity index (χ4n) is 2.86. The number of rotatable bonds is 17. The molecule has 22 heavy (non-hydrogen) atoms. The molecule has 0 saturated carbocycles. The van der Waals surface area contributed by atoms with Crippen molar-refractivity contribution in [1.82, 2.24) is 0 Å². The van der Waals surface area contributed by atoms with Gasteiger partial charge in [0.25, 0.3) is 0 Å². The molecule has 0 amide bonds. The van der Waals surface area contributed by atoms with Gasteiger partial charge in [-0.1, -0.05) is 79.1 Å². The summed E-state index contributed by atoms with van der Waals surface area (Å²) in [5, 5.41) is 9.54. The van der Waals surface area contributed by atoms with Crippen molar-refractivity contribution in [3.8, 4) is 0 Å². The quantitative estimate of drug-likeness (QED) is 0.179. The Balaban J connectivity index is 4.13. The van der Waals surface area contributed by atoms with Gasteiger partial charge in [0.05, 0.1) is 6.61 Å². The third-order valence-electron chi connectivity index (χ3n) is 3.97. The highest BCUT2D eigenvalue weighted by atomic mass is 17.7. The van der Waals surface area contributed by atoms with Crippen LogP contribution < -0.4 is 0 Å². The molecular formula is C18H38O4. The Kier molecular flexibility index (Phi) is 15.6. The van der Waals surface area contributed by atoms with Crippen LogP contribution in [0.25, 0.3) is 0 Å². The lowest BCUT2D eigenvalue weighted by Crippen LogP contribution is -2.33. The molecule has 0 aromatic heterocycles. The molecule has 0 aliphatic carbocycles. The molecule has 0 aromatic rings. The summed E-state index contributed by atoms with van der Waals surface area (Å²) in [4.78, 5) is 10.5. The van der Waals surface area contributed by atoms with Gasteiger partial charge in [-0.25, -0.2) is 4.89 Å². The second-order valence-corrected chi connectivity index (χ2v) is 6.24. The van der Waals surface area contributed by atoms with Crippen molar-refractivity contribution in [3.05, 3.63) is 0 Å². The van der Waals surface area contributed by atoms with Crippen molar-refractivity contribution in [1.29, 1.82) is 0 Å². The molecule has 134 valence electrons. The van der Waals surface area contributed by atoms with Gasteiger partial charge in [0, 0.05) is 0 Å². The first kappa shape index (κ1) is 21.8. The Morgan fingerprint density at radius 2 is 1.23 bits per heavy atom. The maximum absolute atomic E-state index is 5.64. The van der Waals surface area contributed by atoms with Gasteiger partial charge >= 0.3 is 0 Å². The van der Waals surface area contributed by atoms with E-state index in [1.807, 2.05) is 6.92 Å². The van der Waals surface area contributed by atoms with Crippen LogP contribution in [0, 0.1) is 0 Å². The average Bonchev–Trinajstić information content (AvgIpc) is 2.51. The zero-order chi connectivity index (χ0) is 16.5. The van der Waals surface area contributed by atoms with Crippen molar-refractivity contribution < 1.29 is 19.9 Å². The molecule has 0 rings (SSSR count). The largest absolute Gasteiger partial charge is 0.204 e. The third-order valence-corrected chi connectivity index (χ3v) is 3.97. The van der Waals surface area contributed by atoms with E-state index in [0.29, 0.717) is 6.61 Å². The Bertz CT molecular complexity index is 215. The van der Waals surface area contributed by atoms with Crippen molar-refractivity contribution in [3.63, 3.8) is 0 Å². The standard InChI is InChI=1S/C18H38O4/c1-5-9-10-11-12-13-16-18(14-6-2,15-7-3)20-22-21-19-17-8-4/h5-17H2,1-4H3. The van der Waals surface area contributed by atoms with E-state index in [-0.39, 0.29) is 5.60 Å². The first-order chi connectivity index (χ1) is 10.7. The molecule has 0 bridgehead atoms. The summed E-state index contributed by atoms with van der Waals surface area (Å²) in [6, 6.07) is 0. The highest BCUT2D eigenvalue weighted by molar-refractivity contribution is 4.78. The lowest BCUT2D eigenvalue weighted by atomic mass is 9.87. The molecule has 0 atom stereocenters. The Morgan fingerprint density at radius 3 is 1.82 bits per heavy atom. The molecule has 0 spiro atoms. The van der Waals surface area contributed by atoms with Crippen LogP contribution in [0.5, 0.6) is 0 Å². The van der Waals surface area contributed by atoms with E-state index in [0.717, 1.165) is 38.5 Å². The van der Waals surface area contributed by atoms with Crippen molar-refractivity contribution in [2.24, 2.45) is 0 Å². The number of unbranched alkanes of at least 4 members (excludes halogenated alkanes) is 5. The molecule has 0 aromatic carbocycles. The molecule has 0 unspecified atom stereocenters. The maximum Gasteiger partial charge on any atom is 0.107 e. The molecule has 0 radical (unpaired) electrons. The van der Waals surface area contributed by atoms with Crippen molar-refractivity contribution in [2.75, 3.05) is 6.61 Å². The summed E-state index contributed by atoms with van der Waals surface area (Å²) >= 11 is 0. The Hall–Kier alpha value is -0.160. The summed E-state index contributed by atoms with van der Waals surface area (Å²) < 4.78 is 0. The van der Waals surface area contributed by atoms with Gasteiger partial charge < -0.3 is 0 Å². The van der Waals surface area contributed by atoms with E-state index in [1.165, 1.54) is 38.5 Å². The van der Waals surface area contributed by atoms with Gasteiger partial charge in [-0.15, -0.1) is 0 Å². The zero-order valence-corrected chi connectivity index (χ0v) is 15.3. The predicted octanol–water partition coefficient (Wildman–Crippen LogP) is 6.30. The highest BCUT2D eigenvalue weighted by Gasteiger charge is 2.31. The molecule has 4 nitrogen and oxygen atoms in total. The molecular weight excluding hydrogens is 280 g/mol. The second-order valence-electron chi connectivity index (χ2n) is 6.24. The van der Waals surface area contributed by atoms with Gasteiger partial charge in [0.15, 0.2) is 0 Å². The Labute approximate surface area is 137 Å². The highest BCUT2D eigenvalue weighted by Crippen LogP contribution is 2.31. The average molecular weight is 318 g/mol. The van der Waals surface area contributed by atoms with E-state index in [1.54, 1.807) is 0 Å². The lowest BCUT2D eigenvalue weighted by Gasteiger charge is -2.31. The SMILES string of the molecule is CCCCCCCCC(CCC)(CCC)OOOOCCC. The molecule has 4 heteroatoms. The summed E-state index contributed by atoms with van der Waals surface area (Å²) in [5.41, 5.74) is -0.232. The zero-order valence-electron chi connectivity index (χ0n) is 15.3. The summed E-state index contributed by atoms with van der Waals surface area (Å²) in [5.74, 6) is 0. The fraction of sp³-hybridized carbons (Fsp3) is 1.00. The van der Waals surface area contributed by atoms with Crippen LogP contribution in [-0.2, 0) is 19.9 Å². The van der Waals surface area contributed by atoms with Gasteiger partial charge in [-0.2, -0.15) is 4.89 Å². The molecule has 0 fully saturated rings. The maximum atomic E-state index is 5.64. The van der Waals surface area contributed by atoms with Crippen LogP contribution in [0.1, 0.15) is 105 Å². The van der Waals surface area contributed by atoms with E-state index >= 15 is 0 Å². The van der Waals surface area contributed by atoms with Crippen LogP contribution in [0.3, 0.4) is 0 Å². The number of hydrogen-bond donors (Lipinski definition) is 0. The lowest BCUT2D eigenvalue weighted by molar-refractivity contribution is -0.652. The fourth-order valence-corrected chi connectivity index (χ4v) is 2.86. The normalized spacial score (nSPS) is 12.0. The van der Waals surface area contributed by atoms with Crippen LogP contribution in [0.4, 0.5) is 0 Å². The van der Waals surface area contributed by atoms with E-state index in [2.05, 4.69) is 25.8 Å². The monoisotopic (exact) mass is 318 g/mol. The minimum atomic E-state index is -0.232. The second kappa shape index (κ2) is 15.7. The van der Waals surface area contributed by atoms with Crippen molar-refractivity contribution in [2.45, 2.75) is 110 Å². The molecule has 0 saturated heterocycles. The van der Waals surface area contributed by atoms with Gasteiger partial charge in [-0.3, -0.25) is 0 Å². The van der Waals surface area contributed by atoms with E-state index in [4.69, 9.17) is 14.8 Å². The van der Waals surface area contributed by atoms with Gasteiger partial charge in [0.2, 0.25) is 0 Å². The van der Waals surface area contributed by atoms with Crippen molar-refractivity contribution >= 4 is 0 Å². The van der Waals surface area contributed by atoms with Crippen LogP contribution >= 0.6 is 0 Å². The smallest absolute Gasteiger partial charge is 0.107 e. The van der Waals surface area contributed by atoms with Crippen LogP contribution in [-0.4, -0.2) is 12.2 Å². The summed E-state index contributed by atoms with van der Waals surface area (Å²) in [7, 11) is 0.